The van der Waals surface area contributed by atoms with Crippen LogP contribution in [0.5, 0.6) is 0 Å². The Hall–Kier alpha value is -1.52. The van der Waals surface area contributed by atoms with Crippen molar-refractivity contribution in [3.05, 3.63) is 11.4 Å². The Labute approximate surface area is 81.5 Å². The van der Waals surface area contributed by atoms with E-state index < -0.39 is 0 Å². The van der Waals surface area contributed by atoms with Crippen LogP contribution in [0.15, 0.2) is 4.63 Å². The molecule has 0 aliphatic carbocycles. The number of aromatic nitrogens is 4. The van der Waals surface area contributed by atoms with Gasteiger partial charge >= 0.3 is 0 Å². The van der Waals surface area contributed by atoms with Gasteiger partial charge in [-0.25, -0.2) is 4.63 Å². The summed E-state index contributed by atoms with van der Waals surface area (Å²) in [5.41, 5.74) is 3.13. The summed E-state index contributed by atoms with van der Waals surface area (Å²) in [6.45, 7) is 3.99. The highest BCUT2D eigenvalue weighted by Gasteiger charge is 2.11. The van der Waals surface area contributed by atoms with Gasteiger partial charge in [-0.2, -0.15) is 10.2 Å². The average Bonchev–Trinajstić information content (AvgIpc) is 2.66. The Morgan fingerprint density at radius 1 is 1.14 bits per heavy atom. The van der Waals surface area contributed by atoms with Crippen molar-refractivity contribution in [1.82, 2.24) is 20.5 Å². The molecule has 0 spiro atoms. The lowest BCUT2D eigenvalue weighted by Gasteiger charge is -1.98. The molecule has 5 nitrogen and oxygen atoms in total. The SMILES string of the molecule is CCCCc1nnc(C)c2nonc12. The third-order valence-corrected chi connectivity index (χ3v) is 2.19. The lowest BCUT2D eigenvalue weighted by molar-refractivity contribution is 0.315. The lowest BCUT2D eigenvalue weighted by atomic mass is 10.1. The third-order valence-electron chi connectivity index (χ3n) is 2.19. The van der Waals surface area contributed by atoms with Crippen molar-refractivity contribution in [1.29, 1.82) is 0 Å². The molecule has 0 aromatic carbocycles. The summed E-state index contributed by atoms with van der Waals surface area (Å²) in [6.07, 6.45) is 3.09. The first-order chi connectivity index (χ1) is 6.83. The minimum absolute atomic E-state index is 0.728. The van der Waals surface area contributed by atoms with Crippen LogP contribution in [0, 0.1) is 6.92 Å². The second-order valence-corrected chi connectivity index (χ2v) is 3.30. The maximum absolute atomic E-state index is 4.69. The molecule has 0 bridgehead atoms. The molecule has 0 unspecified atom stereocenters. The first-order valence-corrected chi connectivity index (χ1v) is 4.77. The highest BCUT2D eigenvalue weighted by molar-refractivity contribution is 5.76. The van der Waals surface area contributed by atoms with Crippen molar-refractivity contribution in [2.24, 2.45) is 0 Å². The molecule has 0 radical (unpaired) electrons. The Kier molecular flexibility index (Phi) is 2.39. The number of hydrogen-bond acceptors (Lipinski definition) is 5. The van der Waals surface area contributed by atoms with Crippen molar-refractivity contribution >= 4 is 11.0 Å². The van der Waals surface area contributed by atoms with Crippen LogP contribution in [0.2, 0.25) is 0 Å². The summed E-state index contributed by atoms with van der Waals surface area (Å²) in [7, 11) is 0. The molecule has 0 amide bonds. The predicted octanol–water partition coefficient (Wildman–Crippen LogP) is 1.66. The third kappa shape index (κ3) is 1.45. The van der Waals surface area contributed by atoms with Crippen LogP contribution in [-0.4, -0.2) is 20.5 Å². The minimum atomic E-state index is 0.728. The Morgan fingerprint density at radius 2 is 1.93 bits per heavy atom. The zero-order chi connectivity index (χ0) is 9.97. The summed E-state index contributed by atoms with van der Waals surface area (Å²) < 4.78 is 4.69. The molecule has 0 saturated heterocycles. The lowest BCUT2D eigenvalue weighted by Crippen LogP contribution is -1.97. The molecule has 0 atom stereocenters. The van der Waals surface area contributed by atoms with E-state index in [1.165, 1.54) is 0 Å². The number of fused-ring (bicyclic) bond motifs is 1. The molecule has 0 fully saturated rings. The number of nitrogens with zero attached hydrogens (tertiary/aromatic N) is 4. The van der Waals surface area contributed by atoms with Crippen LogP contribution in [0.1, 0.15) is 31.2 Å². The highest BCUT2D eigenvalue weighted by Crippen LogP contribution is 2.15. The second-order valence-electron chi connectivity index (χ2n) is 3.30. The van der Waals surface area contributed by atoms with Crippen LogP contribution >= 0.6 is 0 Å². The van der Waals surface area contributed by atoms with E-state index in [1.54, 1.807) is 0 Å². The van der Waals surface area contributed by atoms with Gasteiger partial charge in [0.25, 0.3) is 0 Å². The van der Waals surface area contributed by atoms with Gasteiger partial charge in [-0.15, -0.1) is 0 Å². The van der Waals surface area contributed by atoms with Gasteiger partial charge in [0.1, 0.15) is 0 Å². The first-order valence-electron chi connectivity index (χ1n) is 4.77. The second kappa shape index (κ2) is 3.69. The minimum Gasteiger partial charge on any atom is -0.243 e. The fourth-order valence-electron chi connectivity index (χ4n) is 1.36. The fraction of sp³-hybridized carbons (Fsp3) is 0.556. The van der Waals surface area contributed by atoms with Gasteiger partial charge in [0.15, 0.2) is 11.0 Å². The standard InChI is InChI=1S/C9H12N4O/c1-3-4-5-7-9-8(12-14-13-9)6(2)10-11-7/h3-5H2,1-2H3. The largest absolute Gasteiger partial charge is 0.243 e. The Bertz CT molecular complexity index is 437. The fourth-order valence-corrected chi connectivity index (χ4v) is 1.36. The molecular formula is C9H12N4O. The van der Waals surface area contributed by atoms with Gasteiger partial charge < -0.3 is 0 Å². The molecule has 14 heavy (non-hydrogen) atoms. The van der Waals surface area contributed by atoms with Gasteiger partial charge in [-0.1, -0.05) is 13.3 Å². The molecule has 74 valence electrons. The summed E-state index contributed by atoms with van der Waals surface area (Å²) >= 11 is 0. The molecule has 0 aliphatic rings. The Morgan fingerprint density at radius 3 is 2.71 bits per heavy atom. The summed E-state index contributed by atoms with van der Waals surface area (Å²) in [6, 6.07) is 0. The van der Waals surface area contributed by atoms with Gasteiger partial charge in [0, 0.05) is 0 Å². The van der Waals surface area contributed by atoms with Gasteiger partial charge in [-0.05, 0) is 30.1 Å². The molecule has 2 rings (SSSR count). The maximum Gasteiger partial charge on any atom is 0.160 e. The van der Waals surface area contributed by atoms with Crippen LogP contribution < -0.4 is 0 Å². The number of rotatable bonds is 3. The maximum atomic E-state index is 4.69. The summed E-state index contributed by atoms with van der Waals surface area (Å²) in [5.74, 6) is 0. The first kappa shape index (κ1) is 9.05. The van der Waals surface area contributed by atoms with Crippen molar-refractivity contribution in [3.8, 4) is 0 Å². The normalized spacial score (nSPS) is 11.0. The molecule has 0 N–H and O–H groups in total. The molecule has 2 aromatic rings. The van der Waals surface area contributed by atoms with Crippen molar-refractivity contribution in [2.45, 2.75) is 33.1 Å². The molecule has 5 heteroatoms. The zero-order valence-corrected chi connectivity index (χ0v) is 8.32. The number of hydrogen-bond donors (Lipinski definition) is 0. The molecule has 2 aromatic heterocycles. The zero-order valence-electron chi connectivity index (χ0n) is 8.32. The summed E-state index contributed by atoms with van der Waals surface area (Å²) in [5, 5.41) is 15.8. The van der Waals surface area contributed by atoms with Crippen molar-refractivity contribution in [2.75, 3.05) is 0 Å². The predicted molar refractivity (Wildman–Crippen MR) is 50.7 cm³/mol. The van der Waals surface area contributed by atoms with E-state index in [1.807, 2.05) is 6.92 Å². The number of unbranched alkanes of at least 4 members (excludes halogenated alkanes) is 1. The van der Waals surface area contributed by atoms with Crippen LogP contribution in [0.25, 0.3) is 11.0 Å². The van der Waals surface area contributed by atoms with Crippen molar-refractivity contribution < 1.29 is 4.63 Å². The average molecular weight is 192 g/mol. The number of aryl methyl sites for hydroxylation is 2. The monoisotopic (exact) mass is 192 g/mol. The van der Waals surface area contributed by atoms with Crippen LogP contribution in [0.3, 0.4) is 0 Å². The smallest absolute Gasteiger partial charge is 0.160 e. The molecule has 0 saturated carbocycles. The van der Waals surface area contributed by atoms with Crippen molar-refractivity contribution in [3.63, 3.8) is 0 Å². The van der Waals surface area contributed by atoms with E-state index in [0.29, 0.717) is 0 Å². The van der Waals surface area contributed by atoms with E-state index in [2.05, 4.69) is 32.1 Å². The van der Waals surface area contributed by atoms with Gasteiger partial charge in [0.2, 0.25) is 0 Å². The van der Waals surface area contributed by atoms with Crippen LogP contribution in [0.4, 0.5) is 0 Å². The van der Waals surface area contributed by atoms with E-state index in [0.717, 1.165) is 41.7 Å². The van der Waals surface area contributed by atoms with Gasteiger partial charge in [-0.3, -0.25) is 0 Å². The highest BCUT2D eigenvalue weighted by atomic mass is 16.6. The molecule has 2 heterocycles. The van der Waals surface area contributed by atoms with E-state index in [-0.39, 0.29) is 0 Å². The quantitative estimate of drug-likeness (QED) is 0.740. The Balaban J connectivity index is 2.45. The van der Waals surface area contributed by atoms with E-state index >= 15 is 0 Å². The topological polar surface area (TPSA) is 64.7 Å². The molecule has 0 aliphatic heterocycles. The van der Waals surface area contributed by atoms with E-state index in [4.69, 9.17) is 0 Å². The molecular weight excluding hydrogens is 180 g/mol. The van der Waals surface area contributed by atoms with Gasteiger partial charge in [0.05, 0.1) is 11.4 Å². The van der Waals surface area contributed by atoms with E-state index in [9.17, 15) is 0 Å². The summed E-state index contributed by atoms with van der Waals surface area (Å²) in [4.78, 5) is 0. The van der Waals surface area contributed by atoms with Crippen LogP contribution in [-0.2, 0) is 6.42 Å².